The molecule has 1 aliphatic carbocycles. The predicted octanol–water partition coefficient (Wildman–Crippen LogP) is 4.36. The second-order valence-electron chi connectivity index (χ2n) is 6.98. The third kappa shape index (κ3) is 4.27. The van der Waals surface area contributed by atoms with E-state index < -0.39 is 0 Å². The number of carbonyl (C=O) groups is 1. The van der Waals surface area contributed by atoms with Gasteiger partial charge in [0, 0.05) is 10.0 Å². The molecule has 0 aliphatic heterocycles. The standard InChI is InChI=1S/C21H21BrN4O/c22-19-10-8-17(9-11-19)20(16-2-1-3-16)25-21(27)18-6-4-15(5-7-18)12-26-14-23-13-24-26/h4-11,13-14,16,20H,1-3,12H2,(H,25,27). The average Bonchev–Trinajstić information content (AvgIpc) is 3.14. The highest BCUT2D eigenvalue weighted by Gasteiger charge is 2.30. The fourth-order valence-electron chi connectivity index (χ4n) is 3.40. The third-order valence-corrected chi connectivity index (χ3v) is 5.69. The Morgan fingerprint density at radius 3 is 2.48 bits per heavy atom. The van der Waals surface area contributed by atoms with Gasteiger partial charge >= 0.3 is 0 Å². The first-order valence-corrected chi connectivity index (χ1v) is 9.96. The molecule has 5 nitrogen and oxygen atoms in total. The molecule has 1 unspecified atom stereocenters. The van der Waals surface area contributed by atoms with Crippen molar-refractivity contribution in [3.63, 3.8) is 0 Å². The monoisotopic (exact) mass is 424 g/mol. The maximum absolute atomic E-state index is 12.8. The lowest BCUT2D eigenvalue weighted by atomic mass is 9.77. The van der Waals surface area contributed by atoms with Gasteiger partial charge in [0.15, 0.2) is 0 Å². The summed E-state index contributed by atoms with van der Waals surface area (Å²) in [5.74, 6) is 0.490. The molecule has 1 aromatic heterocycles. The first-order valence-electron chi connectivity index (χ1n) is 9.17. The molecule has 3 aromatic rings. The highest BCUT2D eigenvalue weighted by atomic mass is 79.9. The molecule has 0 radical (unpaired) electrons. The molecule has 1 heterocycles. The minimum Gasteiger partial charge on any atom is -0.345 e. The van der Waals surface area contributed by atoms with E-state index >= 15 is 0 Å². The molecule has 0 spiro atoms. The quantitative estimate of drug-likeness (QED) is 0.639. The molecule has 1 saturated carbocycles. The molecule has 1 fully saturated rings. The Morgan fingerprint density at radius 1 is 1.15 bits per heavy atom. The van der Waals surface area contributed by atoms with Crippen LogP contribution in [0.3, 0.4) is 0 Å². The fourth-order valence-corrected chi connectivity index (χ4v) is 3.67. The van der Waals surface area contributed by atoms with Crippen LogP contribution in [-0.2, 0) is 6.54 Å². The Labute approximate surface area is 167 Å². The minimum absolute atomic E-state index is 0.0258. The maximum atomic E-state index is 12.8. The van der Waals surface area contributed by atoms with Crippen LogP contribution >= 0.6 is 15.9 Å². The summed E-state index contributed by atoms with van der Waals surface area (Å²) < 4.78 is 2.81. The van der Waals surface area contributed by atoms with E-state index in [9.17, 15) is 4.79 Å². The van der Waals surface area contributed by atoms with E-state index in [1.807, 2.05) is 36.4 Å². The number of benzene rings is 2. The summed E-state index contributed by atoms with van der Waals surface area (Å²) in [6.45, 7) is 0.644. The lowest BCUT2D eigenvalue weighted by Crippen LogP contribution is -2.36. The van der Waals surface area contributed by atoms with Crippen molar-refractivity contribution in [1.29, 1.82) is 0 Å². The van der Waals surface area contributed by atoms with Crippen molar-refractivity contribution in [3.8, 4) is 0 Å². The summed E-state index contributed by atoms with van der Waals surface area (Å²) in [4.78, 5) is 16.8. The van der Waals surface area contributed by atoms with Gasteiger partial charge in [0.25, 0.3) is 5.91 Å². The highest BCUT2D eigenvalue weighted by Crippen LogP contribution is 2.38. The molecule has 4 rings (SSSR count). The van der Waals surface area contributed by atoms with E-state index in [0.717, 1.165) is 22.9 Å². The van der Waals surface area contributed by atoms with Gasteiger partial charge in [-0.05, 0) is 54.2 Å². The number of nitrogens with zero attached hydrogens (tertiary/aromatic N) is 3. The lowest BCUT2D eigenvalue weighted by Gasteiger charge is -2.34. The van der Waals surface area contributed by atoms with Crippen LogP contribution in [0.4, 0.5) is 0 Å². The average molecular weight is 425 g/mol. The number of hydrogen-bond donors (Lipinski definition) is 1. The molecule has 0 saturated heterocycles. The van der Waals surface area contributed by atoms with Gasteiger partial charge in [-0.25, -0.2) is 9.67 Å². The van der Waals surface area contributed by atoms with Crippen molar-refractivity contribution in [2.24, 2.45) is 5.92 Å². The van der Waals surface area contributed by atoms with Crippen LogP contribution in [0.1, 0.15) is 46.8 Å². The van der Waals surface area contributed by atoms with E-state index in [0.29, 0.717) is 18.0 Å². The molecule has 2 aromatic carbocycles. The van der Waals surface area contributed by atoms with Gasteiger partial charge in [-0.3, -0.25) is 4.79 Å². The zero-order valence-electron chi connectivity index (χ0n) is 14.9. The number of aromatic nitrogens is 3. The summed E-state index contributed by atoms with van der Waals surface area (Å²) in [6, 6.07) is 16.0. The van der Waals surface area contributed by atoms with E-state index in [2.05, 4.69) is 43.5 Å². The van der Waals surface area contributed by atoms with Crippen molar-refractivity contribution in [2.75, 3.05) is 0 Å². The van der Waals surface area contributed by atoms with Gasteiger partial charge in [-0.1, -0.05) is 46.6 Å². The SMILES string of the molecule is O=C(NC(c1ccc(Br)cc1)C1CCC1)c1ccc(Cn2cncn2)cc1. The Balaban J connectivity index is 1.46. The Hall–Kier alpha value is -2.47. The normalized spacial score (nSPS) is 15.1. The number of halogens is 1. The highest BCUT2D eigenvalue weighted by molar-refractivity contribution is 9.10. The van der Waals surface area contributed by atoms with Crippen LogP contribution in [0, 0.1) is 5.92 Å². The summed E-state index contributed by atoms with van der Waals surface area (Å²) in [7, 11) is 0. The first-order chi connectivity index (χ1) is 13.2. The Morgan fingerprint density at radius 2 is 1.89 bits per heavy atom. The maximum Gasteiger partial charge on any atom is 0.251 e. The lowest BCUT2D eigenvalue weighted by molar-refractivity contribution is 0.0900. The van der Waals surface area contributed by atoms with E-state index in [4.69, 9.17) is 0 Å². The first kappa shape index (κ1) is 17.9. The molecule has 1 aliphatic rings. The molecule has 6 heteroatoms. The molecule has 27 heavy (non-hydrogen) atoms. The van der Waals surface area contributed by atoms with Crippen molar-refractivity contribution >= 4 is 21.8 Å². The second kappa shape index (κ2) is 8.05. The molecule has 138 valence electrons. The summed E-state index contributed by atoms with van der Waals surface area (Å²) in [5.41, 5.74) is 2.93. The molecular formula is C21H21BrN4O. The summed E-state index contributed by atoms with van der Waals surface area (Å²) >= 11 is 3.48. The molecular weight excluding hydrogens is 404 g/mol. The number of hydrogen-bond acceptors (Lipinski definition) is 3. The van der Waals surface area contributed by atoms with Crippen LogP contribution in [0.25, 0.3) is 0 Å². The van der Waals surface area contributed by atoms with Crippen molar-refractivity contribution in [1.82, 2.24) is 20.1 Å². The zero-order valence-corrected chi connectivity index (χ0v) is 16.5. The number of nitrogens with one attached hydrogen (secondary N) is 1. The van der Waals surface area contributed by atoms with Crippen molar-refractivity contribution in [3.05, 3.63) is 82.3 Å². The van der Waals surface area contributed by atoms with E-state index in [1.165, 1.54) is 18.3 Å². The van der Waals surface area contributed by atoms with Gasteiger partial charge in [0.2, 0.25) is 0 Å². The van der Waals surface area contributed by atoms with Gasteiger partial charge in [0.1, 0.15) is 12.7 Å². The zero-order chi connectivity index (χ0) is 18.6. The van der Waals surface area contributed by atoms with Crippen LogP contribution in [-0.4, -0.2) is 20.7 Å². The number of rotatable bonds is 6. The molecule has 0 bridgehead atoms. The van der Waals surface area contributed by atoms with Crippen LogP contribution in [0.15, 0.2) is 65.7 Å². The van der Waals surface area contributed by atoms with Gasteiger partial charge < -0.3 is 5.32 Å². The predicted molar refractivity (Wildman–Crippen MR) is 107 cm³/mol. The minimum atomic E-state index is -0.0258. The molecule has 1 atom stereocenters. The smallest absolute Gasteiger partial charge is 0.251 e. The summed E-state index contributed by atoms with van der Waals surface area (Å²) in [6.07, 6.45) is 6.77. The van der Waals surface area contributed by atoms with E-state index in [-0.39, 0.29) is 11.9 Å². The third-order valence-electron chi connectivity index (χ3n) is 5.16. The number of amides is 1. The van der Waals surface area contributed by atoms with Crippen LogP contribution in [0.2, 0.25) is 0 Å². The molecule has 1 N–H and O–H groups in total. The Bertz CT molecular complexity index is 887. The summed E-state index contributed by atoms with van der Waals surface area (Å²) in [5, 5.41) is 7.36. The van der Waals surface area contributed by atoms with Crippen LogP contribution < -0.4 is 5.32 Å². The van der Waals surface area contributed by atoms with Gasteiger partial charge in [-0.2, -0.15) is 5.10 Å². The number of carbonyl (C=O) groups excluding carboxylic acids is 1. The van der Waals surface area contributed by atoms with Crippen molar-refractivity contribution < 1.29 is 4.79 Å². The van der Waals surface area contributed by atoms with Crippen LogP contribution in [0.5, 0.6) is 0 Å². The topological polar surface area (TPSA) is 59.8 Å². The Kier molecular flexibility index (Phi) is 5.34. The fraction of sp³-hybridized carbons (Fsp3) is 0.286. The van der Waals surface area contributed by atoms with Crippen molar-refractivity contribution in [2.45, 2.75) is 31.8 Å². The molecule has 1 amide bonds. The van der Waals surface area contributed by atoms with Gasteiger partial charge in [0.05, 0.1) is 12.6 Å². The van der Waals surface area contributed by atoms with Gasteiger partial charge in [-0.15, -0.1) is 0 Å². The van der Waals surface area contributed by atoms with E-state index in [1.54, 1.807) is 11.0 Å². The largest absolute Gasteiger partial charge is 0.345 e. The second-order valence-corrected chi connectivity index (χ2v) is 7.90.